The first-order valence-electron chi connectivity index (χ1n) is 14.9. The predicted molar refractivity (Wildman–Crippen MR) is 155 cm³/mol. The van der Waals surface area contributed by atoms with Gasteiger partial charge >= 0.3 is 0 Å². The molecule has 6 rings (SSSR count). The van der Waals surface area contributed by atoms with E-state index in [0.29, 0.717) is 29.6 Å². The van der Waals surface area contributed by atoms with Gasteiger partial charge in [-0.15, -0.1) is 0 Å². The molecular formula is C35H42N2O. The third kappa shape index (κ3) is 5.59. The summed E-state index contributed by atoms with van der Waals surface area (Å²) in [6, 6.07) is 32.8. The summed E-state index contributed by atoms with van der Waals surface area (Å²) >= 11 is 0. The van der Waals surface area contributed by atoms with Crippen molar-refractivity contribution in [2.75, 3.05) is 32.7 Å². The zero-order valence-electron chi connectivity index (χ0n) is 22.6. The molecule has 2 saturated heterocycles. The maximum atomic E-state index is 14.1. The minimum absolute atomic E-state index is 0.128. The van der Waals surface area contributed by atoms with E-state index in [9.17, 15) is 4.79 Å². The van der Waals surface area contributed by atoms with Crippen LogP contribution in [0.2, 0.25) is 0 Å². The van der Waals surface area contributed by atoms with Gasteiger partial charge < -0.3 is 9.80 Å². The Labute approximate surface area is 228 Å². The van der Waals surface area contributed by atoms with E-state index in [-0.39, 0.29) is 5.92 Å². The van der Waals surface area contributed by atoms with E-state index in [1.807, 2.05) is 0 Å². The monoisotopic (exact) mass is 506 g/mol. The van der Waals surface area contributed by atoms with Crippen LogP contribution in [0.3, 0.4) is 0 Å². The lowest BCUT2D eigenvalue weighted by molar-refractivity contribution is -0.136. The molecule has 2 heterocycles. The molecule has 38 heavy (non-hydrogen) atoms. The Bertz CT molecular complexity index is 1160. The topological polar surface area (TPSA) is 23.6 Å². The van der Waals surface area contributed by atoms with Gasteiger partial charge in [0.05, 0.1) is 0 Å². The number of likely N-dealkylation sites (tertiary alicyclic amines) is 2. The zero-order valence-corrected chi connectivity index (χ0v) is 22.6. The standard InChI is InChI=1S/C35H42N2O/c38-35(33-19-11-10-18-32(33)29-14-6-2-7-15-29)37-25-31(34(26-37)30-16-8-3-9-17-30)24-36-22-20-28(21-23-36)27-12-4-1-5-13-27/h1-9,12-17,28,31-34H,10-11,18-26H2/t31-,32-,33+,34+/m0/s1. The first-order chi connectivity index (χ1) is 18.8. The fourth-order valence-corrected chi connectivity index (χ4v) is 7.58. The molecule has 3 nitrogen and oxygen atoms in total. The molecular weight excluding hydrogens is 464 g/mol. The van der Waals surface area contributed by atoms with Gasteiger partial charge in [-0.1, -0.05) is 104 Å². The molecule has 198 valence electrons. The van der Waals surface area contributed by atoms with Crippen LogP contribution < -0.4 is 0 Å². The predicted octanol–water partition coefficient (Wildman–Crippen LogP) is 7.08. The van der Waals surface area contributed by atoms with Gasteiger partial charge in [-0.3, -0.25) is 4.79 Å². The molecule has 4 atom stereocenters. The molecule has 3 fully saturated rings. The molecule has 2 aliphatic heterocycles. The zero-order chi connectivity index (χ0) is 25.7. The van der Waals surface area contributed by atoms with Crippen molar-refractivity contribution >= 4 is 5.91 Å². The van der Waals surface area contributed by atoms with Crippen LogP contribution in [-0.2, 0) is 4.79 Å². The summed E-state index contributed by atoms with van der Waals surface area (Å²) < 4.78 is 0. The first-order valence-corrected chi connectivity index (χ1v) is 14.9. The van der Waals surface area contributed by atoms with E-state index in [1.165, 1.54) is 42.4 Å². The largest absolute Gasteiger partial charge is 0.341 e. The summed E-state index contributed by atoms with van der Waals surface area (Å²) in [6.07, 6.45) is 7.04. The van der Waals surface area contributed by atoms with Crippen molar-refractivity contribution in [2.24, 2.45) is 11.8 Å². The molecule has 0 spiro atoms. The van der Waals surface area contributed by atoms with Gasteiger partial charge in [0.2, 0.25) is 5.91 Å². The number of carbonyl (C=O) groups excluding carboxylic acids is 1. The maximum absolute atomic E-state index is 14.1. The van der Waals surface area contributed by atoms with Crippen molar-refractivity contribution in [1.82, 2.24) is 9.80 Å². The average molecular weight is 507 g/mol. The second-order valence-electron chi connectivity index (χ2n) is 11.9. The van der Waals surface area contributed by atoms with Crippen molar-refractivity contribution < 1.29 is 4.79 Å². The lowest BCUT2D eigenvalue weighted by Crippen LogP contribution is -2.40. The van der Waals surface area contributed by atoms with E-state index in [0.717, 1.165) is 45.6 Å². The number of rotatable bonds is 6. The summed E-state index contributed by atoms with van der Waals surface area (Å²) in [7, 11) is 0. The SMILES string of the molecule is O=C([C@@H]1CCCC[C@H]1c1ccccc1)N1C[C@H](CN2CCC(c3ccccc3)CC2)[C@@H](c2ccccc2)C1. The normalized spacial score (nSPS) is 26.9. The van der Waals surface area contributed by atoms with Crippen LogP contribution in [0.4, 0.5) is 0 Å². The van der Waals surface area contributed by atoms with Crippen LogP contribution in [-0.4, -0.2) is 48.4 Å². The molecule has 0 N–H and O–H groups in total. The smallest absolute Gasteiger partial charge is 0.226 e. The van der Waals surface area contributed by atoms with E-state index >= 15 is 0 Å². The van der Waals surface area contributed by atoms with Crippen molar-refractivity contribution in [3.8, 4) is 0 Å². The third-order valence-corrected chi connectivity index (χ3v) is 9.64. The van der Waals surface area contributed by atoms with Gasteiger partial charge in [-0.25, -0.2) is 0 Å². The Morgan fingerprint density at radius 3 is 1.82 bits per heavy atom. The minimum atomic E-state index is 0.128. The fourth-order valence-electron chi connectivity index (χ4n) is 7.58. The lowest BCUT2D eigenvalue weighted by Gasteiger charge is -2.35. The summed E-state index contributed by atoms with van der Waals surface area (Å²) in [5.41, 5.74) is 4.24. The molecule has 0 bridgehead atoms. The average Bonchev–Trinajstić information content (AvgIpc) is 3.42. The highest BCUT2D eigenvalue weighted by atomic mass is 16.2. The Balaban J connectivity index is 1.15. The second kappa shape index (κ2) is 11.9. The molecule has 3 heteroatoms. The Hall–Kier alpha value is -2.91. The molecule has 1 saturated carbocycles. The molecule has 3 aromatic carbocycles. The lowest BCUT2D eigenvalue weighted by atomic mass is 9.75. The number of benzene rings is 3. The number of piperidine rings is 1. The van der Waals surface area contributed by atoms with Gasteiger partial charge in [-0.2, -0.15) is 0 Å². The maximum Gasteiger partial charge on any atom is 0.226 e. The van der Waals surface area contributed by atoms with Gasteiger partial charge in [0, 0.05) is 31.5 Å². The van der Waals surface area contributed by atoms with Crippen LogP contribution in [0.15, 0.2) is 91.0 Å². The van der Waals surface area contributed by atoms with Crippen LogP contribution in [0.25, 0.3) is 0 Å². The highest BCUT2D eigenvalue weighted by Gasteiger charge is 2.41. The highest BCUT2D eigenvalue weighted by Crippen LogP contribution is 2.41. The summed E-state index contributed by atoms with van der Waals surface area (Å²) in [4.78, 5) is 19.0. The van der Waals surface area contributed by atoms with Crippen molar-refractivity contribution in [3.63, 3.8) is 0 Å². The van der Waals surface area contributed by atoms with Gasteiger partial charge in [0.25, 0.3) is 0 Å². The molecule has 3 aromatic rings. The Kier molecular flexibility index (Phi) is 7.92. The number of hydrogen-bond acceptors (Lipinski definition) is 2. The number of hydrogen-bond donors (Lipinski definition) is 0. The molecule has 0 aromatic heterocycles. The summed E-state index contributed by atoms with van der Waals surface area (Å²) in [5.74, 6) is 2.50. The number of carbonyl (C=O) groups is 1. The summed E-state index contributed by atoms with van der Waals surface area (Å²) in [6.45, 7) is 5.17. The molecule has 0 unspecified atom stereocenters. The number of amides is 1. The van der Waals surface area contributed by atoms with Crippen LogP contribution >= 0.6 is 0 Å². The van der Waals surface area contributed by atoms with Crippen LogP contribution in [0, 0.1) is 11.8 Å². The quantitative estimate of drug-likeness (QED) is 0.357. The molecule has 0 radical (unpaired) electrons. The summed E-state index contributed by atoms with van der Waals surface area (Å²) in [5, 5.41) is 0. The highest BCUT2D eigenvalue weighted by molar-refractivity contribution is 5.80. The minimum Gasteiger partial charge on any atom is -0.341 e. The van der Waals surface area contributed by atoms with Crippen molar-refractivity contribution in [1.29, 1.82) is 0 Å². The van der Waals surface area contributed by atoms with Crippen molar-refractivity contribution in [2.45, 2.75) is 56.3 Å². The van der Waals surface area contributed by atoms with Crippen LogP contribution in [0.5, 0.6) is 0 Å². The van der Waals surface area contributed by atoms with E-state index < -0.39 is 0 Å². The first kappa shape index (κ1) is 25.4. The van der Waals surface area contributed by atoms with Crippen molar-refractivity contribution in [3.05, 3.63) is 108 Å². The Morgan fingerprint density at radius 2 is 1.18 bits per heavy atom. The fraction of sp³-hybridized carbons (Fsp3) is 0.457. The molecule has 1 aliphatic carbocycles. The molecule has 1 amide bonds. The second-order valence-corrected chi connectivity index (χ2v) is 11.9. The Morgan fingerprint density at radius 1 is 0.632 bits per heavy atom. The van der Waals surface area contributed by atoms with E-state index in [1.54, 1.807) is 0 Å². The number of nitrogens with zero attached hydrogens (tertiary/aromatic N) is 2. The van der Waals surface area contributed by atoms with E-state index in [2.05, 4.69) is 101 Å². The van der Waals surface area contributed by atoms with Gasteiger partial charge in [0.15, 0.2) is 0 Å². The van der Waals surface area contributed by atoms with E-state index in [4.69, 9.17) is 0 Å². The molecule has 3 aliphatic rings. The van der Waals surface area contributed by atoms with Gasteiger partial charge in [-0.05, 0) is 73.2 Å². The third-order valence-electron chi connectivity index (χ3n) is 9.64. The van der Waals surface area contributed by atoms with Crippen LogP contribution in [0.1, 0.15) is 73.0 Å². The van der Waals surface area contributed by atoms with Gasteiger partial charge in [0.1, 0.15) is 0 Å².